The van der Waals surface area contributed by atoms with E-state index < -0.39 is 12.1 Å². The highest BCUT2D eigenvalue weighted by molar-refractivity contribution is 5.97. The highest BCUT2D eigenvalue weighted by Gasteiger charge is 2.24. The van der Waals surface area contributed by atoms with Crippen molar-refractivity contribution in [1.82, 2.24) is 35.4 Å². The van der Waals surface area contributed by atoms with E-state index in [2.05, 4.69) is 36.0 Å². The quantitative estimate of drug-likeness (QED) is 0.578. The Morgan fingerprint density at radius 1 is 1.16 bits per heavy atom. The van der Waals surface area contributed by atoms with Crippen molar-refractivity contribution in [2.45, 2.75) is 26.8 Å². The summed E-state index contributed by atoms with van der Waals surface area (Å²) >= 11 is 0. The van der Waals surface area contributed by atoms with E-state index in [0.717, 1.165) is 16.8 Å². The number of aryl methyl sites for hydroxylation is 2. The van der Waals surface area contributed by atoms with E-state index in [1.165, 1.54) is 11.0 Å². The van der Waals surface area contributed by atoms with Gasteiger partial charge in [0.05, 0.1) is 11.7 Å². The molecule has 4 amide bonds. The van der Waals surface area contributed by atoms with E-state index in [4.69, 9.17) is 0 Å². The van der Waals surface area contributed by atoms with Gasteiger partial charge in [-0.25, -0.2) is 24.5 Å². The number of rotatable bonds is 5. The smallest absolute Gasteiger partial charge is 0.322 e. The van der Waals surface area contributed by atoms with Gasteiger partial charge >= 0.3 is 12.1 Å². The van der Waals surface area contributed by atoms with Crippen LogP contribution in [0, 0.1) is 13.8 Å². The maximum atomic E-state index is 12.7. The molecular formula is C20H23N9O2. The lowest BCUT2D eigenvalue weighted by Gasteiger charge is -2.20. The molecule has 0 radical (unpaired) electrons. The van der Waals surface area contributed by atoms with Gasteiger partial charge in [-0.05, 0) is 44.0 Å². The summed E-state index contributed by atoms with van der Waals surface area (Å²) in [6.07, 6.45) is 4.60. The van der Waals surface area contributed by atoms with Crippen LogP contribution in [-0.4, -0.2) is 49.9 Å². The van der Waals surface area contributed by atoms with Crippen molar-refractivity contribution in [3.8, 4) is 5.95 Å². The lowest BCUT2D eigenvalue weighted by molar-refractivity contribution is 0.248. The van der Waals surface area contributed by atoms with Gasteiger partial charge in [-0.1, -0.05) is 6.07 Å². The minimum atomic E-state index is -0.458. The van der Waals surface area contributed by atoms with E-state index in [-0.39, 0.29) is 6.03 Å². The van der Waals surface area contributed by atoms with Crippen LogP contribution < -0.4 is 20.9 Å². The Kier molecular flexibility index (Phi) is 5.48. The fraction of sp³-hybridized carbons (Fsp3) is 0.300. The van der Waals surface area contributed by atoms with Crippen LogP contribution >= 0.6 is 0 Å². The Balaban J connectivity index is 1.50. The normalized spacial score (nSPS) is 14.3. The average Bonchev–Trinajstić information content (AvgIpc) is 3.40. The number of nitrogens with zero attached hydrogens (tertiary/aromatic N) is 6. The first-order chi connectivity index (χ1) is 14.9. The molecule has 0 bridgehead atoms. The number of anilines is 2. The molecule has 4 rings (SSSR count). The van der Waals surface area contributed by atoms with Crippen LogP contribution in [0.3, 0.4) is 0 Å². The average molecular weight is 421 g/mol. The molecule has 1 aromatic carbocycles. The Labute approximate surface area is 178 Å². The highest BCUT2D eigenvalue weighted by Crippen LogP contribution is 2.29. The molecule has 1 fully saturated rings. The molecular weight excluding hydrogens is 398 g/mol. The minimum Gasteiger partial charge on any atom is -0.336 e. The molecule has 2 aromatic heterocycles. The molecule has 3 N–H and O–H groups in total. The molecule has 160 valence electrons. The van der Waals surface area contributed by atoms with Crippen LogP contribution in [0.5, 0.6) is 0 Å². The maximum Gasteiger partial charge on any atom is 0.322 e. The van der Waals surface area contributed by atoms with Crippen molar-refractivity contribution < 1.29 is 9.59 Å². The minimum absolute atomic E-state index is 0.140. The number of urea groups is 2. The molecule has 1 unspecified atom stereocenters. The molecule has 1 saturated heterocycles. The predicted octanol–water partition coefficient (Wildman–Crippen LogP) is 2.09. The second kappa shape index (κ2) is 8.38. The molecule has 3 aromatic rings. The zero-order chi connectivity index (χ0) is 22.0. The third-order valence-corrected chi connectivity index (χ3v) is 4.99. The first-order valence-corrected chi connectivity index (χ1v) is 9.85. The van der Waals surface area contributed by atoms with Gasteiger partial charge in [0.25, 0.3) is 5.95 Å². The Hall–Kier alpha value is -4.02. The molecule has 0 aliphatic carbocycles. The van der Waals surface area contributed by atoms with Crippen LogP contribution in [0.1, 0.15) is 29.9 Å². The van der Waals surface area contributed by atoms with Gasteiger partial charge in [0, 0.05) is 31.2 Å². The largest absolute Gasteiger partial charge is 0.336 e. The van der Waals surface area contributed by atoms with E-state index >= 15 is 0 Å². The third kappa shape index (κ3) is 4.15. The van der Waals surface area contributed by atoms with Gasteiger partial charge in [-0.2, -0.15) is 9.78 Å². The summed E-state index contributed by atoms with van der Waals surface area (Å²) in [6, 6.07) is 4.47. The van der Waals surface area contributed by atoms with Crippen LogP contribution in [0.4, 0.5) is 21.0 Å². The van der Waals surface area contributed by atoms with Crippen LogP contribution in [0.2, 0.25) is 0 Å². The number of nitrogens with one attached hydrogen (secondary N) is 3. The number of aromatic nitrogens is 5. The summed E-state index contributed by atoms with van der Waals surface area (Å²) < 4.78 is 1.48. The number of hydrogen-bond acceptors (Lipinski definition) is 6. The van der Waals surface area contributed by atoms with Crippen LogP contribution in [0.25, 0.3) is 5.95 Å². The number of benzene rings is 1. The number of carbonyl (C=O) groups is 2. The van der Waals surface area contributed by atoms with E-state index in [1.54, 1.807) is 30.3 Å². The molecule has 11 heteroatoms. The summed E-state index contributed by atoms with van der Waals surface area (Å²) in [7, 11) is 0. The molecule has 31 heavy (non-hydrogen) atoms. The van der Waals surface area contributed by atoms with Crippen molar-refractivity contribution in [2.24, 2.45) is 0 Å². The number of amides is 4. The first-order valence-electron chi connectivity index (χ1n) is 9.85. The third-order valence-electron chi connectivity index (χ3n) is 4.99. The summed E-state index contributed by atoms with van der Waals surface area (Å²) in [6.45, 7) is 6.83. The Bertz CT molecular complexity index is 1110. The van der Waals surface area contributed by atoms with Gasteiger partial charge in [-0.3, -0.25) is 4.90 Å². The number of carbonyl (C=O) groups excluding carboxylic acids is 2. The molecule has 1 aliphatic rings. The molecule has 1 atom stereocenters. The molecule has 3 heterocycles. The monoisotopic (exact) mass is 421 g/mol. The van der Waals surface area contributed by atoms with Crippen molar-refractivity contribution in [2.75, 3.05) is 23.3 Å². The van der Waals surface area contributed by atoms with E-state index in [0.29, 0.717) is 30.5 Å². The Morgan fingerprint density at radius 2 is 1.94 bits per heavy atom. The zero-order valence-corrected chi connectivity index (χ0v) is 17.5. The van der Waals surface area contributed by atoms with Crippen molar-refractivity contribution in [1.29, 1.82) is 0 Å². The molecule has 11 nitrogen and oxygen atoms in total. The summed E-state index contributed by atoms with van der Waals surface area (Å²) in [5.74, 6) is 0.864. The standard InChI is InChI=1S/C20H23N9O2/c1-12-9-13(2)16(28-8-7-23-20(28)31)10-15(12)27-19(30)26-14(3)17-24-11-25-29(17)18-21-5-4-6-22-18/h4-6,9-11,14H,7-8H2,1-3H3,(H,23,31)(H2,26,27,30). The van der Waals surface area contributed by atoms with Crippen LogP contribution in [0.15, 0.2) is 36.9 Å². The maximum absolute atomic E-state index is 12.7. The van der Waals surface area contributed by atoms with Crippen LogP contribution in [-0.2, 0) is 0 Å². The second-order valence-electron chi connectivity index (χ2n) is 7.24. The lowest BCUT2D eigenvalue weighted by Crippen LogP contribution is -2.33. The van der Waals surface area contributed by atoms with Crippen molar-refractivity contribution in [3.63, 3.8) is 0 Å². The molecule has 0 saturated carbocycles. The van der Waals surface area contributed by atoms with Gasteiger partial charge in [-0.15, -0.1) is 0 Å². The summed E-state index contributed by atoms with van der Waals surface area (Å²) in [5, 5.41) is 12.7. The topological polar surface area (TPSA) is 130 Å². The second-order valence-corrected chi connectivity index (χ2v) is 7.24. The van der Waals surface area contributed by atoms with Gasteiger partial charge in [0.2, 0.25) is 0 Å². The molecule has 1 aliphatic heterocycles. The predicted molar refractivity (Wildman–Crippen MR) is 114 cm³/mol. The van der Waals surface area contributed by atoms with E-state index in [9.17, 15) is 9.59 Å². The Morgan fingerprint density at radius 3 is 2.65 bits per heavy atom. The summed E-state index contributed by atoms with van der Waals surface area (Å²) in [4.78, 5) is 39.0. The van der Waals surface area contributed by atoms with E-state index in [1.807, 2.05) is 26.0 Å². The lowest BCUT2D eigenvalue weighted by atomic mass is 10.1. The van der Waals surface area contributed by atoms with Gasteiger partial charge in [0.1, 0.15) is 6.33 Å². The molecule has 0 spiro atoms. The fourth-order valence-corrected chi connectivity index (χ4v) is 3.49. The number of hydrogen-bond donors (Lipinski definition) is 3. The van der Waals surface area contributed by atoms with Gasteiger partial charge in [0.15, 0.2) is 5.82 Å². The fourth-order valence-electron chi connectivity index (χ4n) is 3.49. The summed E-state index contributed by atoms with van der Waals surface area (Å²) in [5.41, 5.74) is 3.25. The first kappa shape index (κ1) is 20.3. The SMILES string of the molecule is Cc1cc(C)c(N2CCNC2=O)cc1NC(=O)NC(C)c1ncnn1-c1ncccn1. The zero-order valence-electron chi connectivity index (χ0n) is 17.5. The highest BCUT2D eigenvalue weighted by atomic mass is 16.2. The van der Waals surface area contributed by atoms with Gasteiger partial charge < -0.3 is 16.0 Å². The van der Waals surface area contributed by atoms with Crippen molar-refractivity contribution >= 4 is 23.4 Å². The van der Waals surface area contributed by atoms with Crippen molar-refractivity contribution in [3.05, 3.63) is 53.9 Å².